The summed E-state index contributed by atoms with van der Waals surface area (Å²) in [6.45, 7) is 0. The highest BCUT2D eigenvalue weighted by molar-refractivity contribution is 7.90. The summed E-state index contributed by atoms with van der Waals surface area (Å²) in [5, 5.41) is 0. The Bertz CT molecular complexity index is 465. The van der Waals surface area contributed by atoms with E-state index in [1.54, 1.807) is 14.1 Å². The highest BCUT2D eigenvalue weighted by atomic mass is 32.2. The van der Waals surface area contributed by atoms with Crippen LogP contribution >= 0.6 is 0 Å². The van der Waals surface area contributed by atoms with Gasteiger partial charge < -0.3 is 4.55 Å². The molecule has 15 heavy (non-hydrogen) atoms. The van der Waals surface area contributed by atoms with E-state index in [-0.39, 0.29) is 4.90 Å². The normalized spacial score (nSPS) is 17.3. The van der Waals surface area contributed by atoms with Crippen molar-refractivity contribution in [1.29, 1.82) is 4.78 Å². The molecule has 0 aromatic heterocycles. The average molecular weight is 248 g/mol. The van der Waals surface area contributed by atoms with Crippen LogP contribution in [0.3, 0.4) is 0 Å². The standard InChI is InChI=1S/C8H12N2O3S2/c1-10(2)15(9,13)8-5-3-7(4-6-8)14(11)12/h3-6,9H,1-2H3,(H,11,12). The lowest BCUT2D eigenvalue weighted by Gasteiger charge is -2.14. The van der Waals surface area contributed by atoms with Gasteiger partial charge in [-0.3, -0.25) is 0 Å². The van der Waals surface area contributed by atoms with Crippen molar-refractivity contribution in [2.75, 3.05) is 14.1 Å². The van der Waals surface area contributed by atoms with E-state index in [1.165, 1.54) is 28.6 Å². The second-order valence-electron chi connectivity index (χ2n) is 3.06. The Morgan fingerprint density at radius 3 is 2.13 bits per heavy atom. The van der Waals surface area contributed by atoms with Crippen LogP contribution in [-0.4, -0.2) is 31.4 Å². The van der Waals surface area contributed by atoms with E-state index in [2.05, 4.69) is 0 Å². The van der Waals surface area contributed by atoms with Crippen molar-refractivity contribution in [3.8, 4) is 0 Å². The van der Waals surface area contributed by atoms with Gasteiger partial charge in [-0.2, -0.15) is 0 Å². The lowest BCUT2D eigenvalue weighted by Crippen LogP contribution is -2.20. The molecule has 2 N–H and O–H groups in total. The van der Waals surface area contributed by atoms with E-state index < -0.39 is 21.0 Å². The van der Waals surface area contributed by atoms with E-state index in [0.29, 0.717) is 4.90 Å². The van der Waals surface area contributed by atoms with Crippen molar-refractivity contribution in [3.05, 3.63) is 24.3 Å². The molecule has 1 aromatic carbocycles. The van der Waals surface area contributed by atoms with Crippen LogP contribution in [0, 0.1) is 4.78 Å². The Balaban J connectivity index is 3.15. The summed E-state index contributed by atoms with van der Waals surface area (Å²) >= 11 is -2.04. The molecule has 2 atom stereocenters. The number of hydrogen-bond acceptors (Lipinski definition) is 3. The molecule has 0 saturated heterocycles. The third-order valence-electron chi connectivity index (χ3n) is 1.86. The zero-order valence-corrected chi connectivity index (χ0v) is 9.97. The molecule has 0 fully saturated rings. The molecule has 84 valence electrons. The van der Waals surface area contributed by atoms with Crippen molar-refractivity contribution in [1.82, 2.24) is 4.31 Å². The SMILES string of the molecule is CN(C)S(=N)(=O)c1ccc(S(=O)O)cc1. The van der Waals surface area contributed by atoms with Crippen LogP contribution in [0.1, 0.15) is 0 Å². The largest absolute Gasteiger partial charge is 0.302 e. The summed E-state index contributed by atoms with van der Waals surface area (Å²) in [6, 6.07) is 5.64. The van der Waals surface area contributed by atoms with Crippen molar-refractivity contribution >= 4 is 21.0 Å². The van der Waals surface area contributed by atoms with Gasteiger partial charge in [0.05, 0.1) is 9.79 Å². The number of rotatable bonds is 3. The minimum absolute atomic E-state index is 0.229. The van der Waals surface area contributed by atoms with E-state index in [1.807, 2.05) is 0 Å². The predicted octanol–water partition coefficient (Wildman–Crippen LogP) is 1.15. The van der Waals surface area contributed by atoms with Crippen LogP contribution in [-0.2, 0) is 21.0 Å². The first-order valence-electron chi connectivity index (χ1n) is 4.03. The van der Waals surface area contributed by atoms with Crippen LogP contribution in [0.4, 0.5) is 0 Å². The molecule has 0 spiro atoms. The lowest BCUT2D eigenvalue weighted by molar-refractivity contribution is 0.564. The second-order valence-corrected chi connectivity index (χ2v) is 6.28. The first kappa shape index (κ1) is 12.3. The van der Waals surface area contributed by atoms with Gasteiger partial charge in [-0.15, -0.1) is 0 Å². The zero-order valence-electron chi connectivity index (χ0n) is 8.34. The summed E-state index contributed by atoms with van der Waals surface area (Å²) in [5.74, 6) is 0. The second kappa shape index (κ2) is 4.40. The van der Waals surface area contributed by atoms with Crippen molar-refractivity contribution in [2.24, 2.45) is 0 Å². The molecule has 0 amide bonds. The molecule has 0 aliphatic heterocycles. The van der Waals surface area contributed by atoms with Crippen LogP contribution < -0.4 is 0 Å². The number of benzene rings is 1. The van der Waals surface area contributed by atoms with Gasteiger partial charge in [-0.05, 0) is 24.3 Å². The van der Waals surface area contributed by atoms with Crippen LogP contribution in [0.15, 0.2) is 34.1 Å². The summed E-state index contributed by atoms with van der Waals surface area (Å²) in [5.41, 5.74) is 0. The quantitative estimate of drug-likeness (QED) is 0.787. The van der Waals surface area contributed by atoms with Gasteiger partial charge in [-0.25, -0.2) is 17.5 Å². The van der Waals surface area contributed by atoms with E-state index >= 15 is 0 Å². The van der Waals surface area contributed by atoms with Crippen molar-refractivity contribution in [3.63, 3.8) is 0 Å². The third-order valence-corrected chi connectivity index (χ3v) is 4.47. The zero-order chi connectivity index (χ0) is 11.6. The molecule has 0 radical (unpaired) electrons. The summed E-state index contributed by atoms with van der Waals surface area (Å²) in [4.78, 5) is 0.550. The molecule has 1 aromatic rings. The summed E-state index contributed by atoms with van der Waals surface area (Å²) in [6.07, 6.45) is 0. The molecular weight excluding hydrogens is 236 g/mol. The molecule has 0 aliphatic carbocycles. The van der Waals surface area contributed by atoms with Gasteiger partial charge >= 0.3 is 0 Å². The number of nitrogens with one attached hydrogen (secondary N) is 1. The van der Waals surface area contributed by atoms with Gasteiger partial charge in [0.2, 0.25) is 0 Å². The van der Waals surface area contributed by atoms with Crippen molar-refractivity contribution < 1.29 is 13.0 Å². The van der Waals surface area contributed by atoms with Gasteiger partial charge in [0.1, 0.15) is 9.92 Å². The van der Waals surface area contributed by atoms with Gasteiger partial charge in [-0.1, -0.05) is 0 Å². The summed E-state index contributed by atoms with van der Waals surface area (Å²) in [7, 11) is 0.131. The monoisotopic (exact) mass is 248 g/mol. The van der Waals surface area contributed by atoms with Gasteiger partial charge in [0.15, 0.2) is 11.1 Å². The maximum Gasteiger partial charge on any atom is 0.186 e. The van der Waals surface area contributed by atoms with Crippen molar-refractivity contribution in [2.45, 2.75) is 9.79 Å². The summed E-state index contributed by atoms with van der Waals surface area (Å²) < 4.78 is 40.2. The number of hydrogen-bond donors (Lipinski definition) is 2. The Hall–Kier alpha value is -0.760. The fourth-order valence-corrected chi connectivity index (χ4v) is 2.25. The maximum absolute atomic E-state index is 11.8. The molecule has 1 rings (SSSR count). The minimum Gasteiger partial charge on any atom is -0.302 e. The van der Waals surface area contributed by atoms with Crippen LogP contribution in [0.25, 0.3) is 0 Å². The Kier molecular flexibility index (Phi) is 3.61. The fourth-order valence-electron chi connectivity index (χ4n) is 0.951. The highest BCUT2D eigenvalue weighted by Crippen LogP contribution is 2.15. The molecular formula is C8H12N2O3S2. The molecule has 0 aliphatic rings. The average Bonchev–Trinajstić information content (AvgIpc) is 2.17. The molecule has 5 nitrogen and oxygen atoms in total. The Morgan fingerprint density at radius 1 is 1.33 bits per heavy atom. The first-order valence-corrected chi connectivity index (χ1v) is 6.65. The van der Waals surface area contributed by atoms with Gasteiger partial charge in [0, 0.05) is 14.1 Å². The fraction of sp³-hybridized carbons (Fsp3) is 0.250. The molecule has 7 heteroatoms. The molecule has 0 saturated carbocycles. The smallest absolute Gasteiger partial charge is 0.186 e. The van der Waals surface area contributed by atoms with Gasteiger partial charge in [0.25, 0.3) is 0 Å². The Morgan fingerprint density at radius 2 is 1.80 bits per heavy atom. The highest BCUT2D eigenvalue weighted by Gasteiger charge is 2.12. The van der Waals surface area contributed by atoms with E-state index in [4.69, 9.17) is 9.33 Å². The topological polar surface area (TPSA) is 81.5 Å². The minimum atomic E-state index is -2.97. The van der Waals surface area contributed by atoms with E-state index in [0.717, 1.165) is 0 Å². The van der Waals surface area contributed by atoms with Crippen LogP contribution in [0.5, 0.6) is 0 Å². The van der Waals surface area contributed by atoms with Crippen LogP contribution in [0.2, 0.25) is 0 Å². The van der Waals surface area contributed by atoms with E-state index in [9.17, 15) is 8.42 Å². The molecule has 2 unspecified atom stereocenters. The third kappa shape index (κ3) is 2.63. The number of nitrogens with zero attached hydrogens (tertiary/aromatic N) is 1. The first-order chi connectivity index (χ1) is 6.85. The predicted molar refractivity (Wildman–Crippen MR) is 58.3 cm³/mol. The Labute approximate surface area is 91.5 Å². The molecule has 0 bridgehead atoms. The molecule has 0 heterocycles. The lowest BCUT2D eigenvalue weighted by atomic mass is 10.4. The maximum atomic E-state index is 11.8.